The number of carbonyl (C=O) groups is 2. The zero-order valence-electron chi connectivity index (χ0n) is 18.8. The predicted molar refractivity (Wildman–Crippen MR) is 118 cm³/mol. The van der Waals surface area contributed by atoms with E-state index in [0.717, 1.165) is 70.6 Å². The fourth-order valence-electron chi connectivity index (χ4n) is 5.22. The highest BCUT2D eigenvalue weighted by atomic mass is 16.5. The largest absolute Gasteiger partial charge is 0.455 e. The van der Waals surface area contributed by atoms with E-state index in [1.165, 1.54) is 19.3 Å². The molecule has 2 saturated carbocycles. The summed E-state index contributed by atoms with van der Waals surface area (Å²) in [5.74, 6) is 0.932. The van der Waals surface area contributed by atoms with E-state index in [1.54, 1.807) is 11.0 Å². The summed E-state index contributed by atoms with van der Waals surface area (Å²) >= 11 is 0. The van der Waals surface area contributed by atoms with Crippen LogP contribution < -0.4 is 5.32 Å². The standard InChI is InChI=1S/C24H37N3O4/c1-18(23(28)25-19-7-3-2-4-8-19)27(20-9-5-6-10-20)24(29)22-12-11-21(31-22)17-26-13-15-30-16-14-26/h11-12,18-20H,2-10,13-17H2,1H3,(H,25,28)/t18-/m0/s1. The van der Waals surface area contributed by atoms with Gasteiger partial charge in [0.05, 0.1) is 19.8 Å². The van der Waals surface area contributed by atoms with Gasteiger partial charge < -0.3 is 19.4 Å². The van der Waals surface area contributed by atoms with Crippen molar-refractivity contribution in [2.45, 2.75) is 89.4 Å². The van der Waals surface area contributed by atoms with Crippen LogP contribution in [0.15, 0.2) is 16.5 Å². The van der Waals surface area contributed by atoms with E-state index < -0.39 is 6.04 Å². The summed E-state index contributed by atoms with van der Waals surface area (Å²) < 4.78 is 11.4. The molecule has 0 unspecified atom stereocenters. The number of nitrogens with one attached hydrogen (secondary N) is 1. The fraction of sp³-hybridized carbons (Fsp3) is 0.750. The Morgan fingerprint density at radius 2 is 1.74 bits per heavy atom. The molecule has 0 bridgehead atoms. The van der Waals surface area contributed by atoms with Crippen LogP contribution in [0.1, 0.15) is 81.0 Å². The molecule has 172 valence electrons. The van der Waals surface area contributed by atoms with Gasteiger partial charge in [0.25, 0.3) is 5.91 Å². The Balaban J connectivity index is 1.43. The van der Waals surface area contributed by atoms with Crippen molar-refractivity contribution < 1.29 is 18.7 Å². The average Bonchev–Trinajstić information content (AvgIpc) is 3.48. The third-order valence-electron chi connectivity index (χ3n) is 7.06. The lowest BCUT2D eigenvalue weighted by molar-refractivity contribution is -0.126. The van der Waals surface area contributed by atoms with Gasteiger partial charge in [-0.05, 0) is 44.7 Å². The van der Waals surface area contributed by atoms with Crippen LogP contribution in [-0.2, 0) is 16.1 Å². The van der Waals surface area contributed by atoms with Gasteiger partial charge in [0.1, 0.15) is 11.8 Å². The van der Waals surface area contributed by atoms with Crippen molar-refractivity contribution in [3.05, 3.63) is 23.7 Å². The predicted octanol–water partition coefficient (Wildman–Crippen LogP) is 3.33. The van der Waals surface area contributed by atoms with E-state index in [0.29, 0.717) is 12.3 Å². The maximum absolute atomic E-state index is 13.5. The first-order chi connectivity index (χ1) is 15.1. The Labute approximate surface area is 185 Å². The van der Waals surface area contributed by atoms with Gasteiger partial charge in [-0.1, -0.05) is 32.1 Å². The van der Waals surface area contributed by atoms with Crippen LogP contribution >= 0.6 is 0 Å². The molecule has 3 aliphatic rings. The summed E-state index contributed by atoms with van der Waals surface area (Å²) in [4.78, 5) is 30.6. The number of carbonyl (C=O) groups excluding carboxylic acids is 2. The number of hydrogen-bond donors (Lipinski definition) is 1. The summed E-state index contributed by atoms with van der Waals surface area (Å²) in [6, 6.07) is 3.51. The number of rotatable bonds is 7. The van der Waals surface area contributed by atoms with Crippen molar-refractivity contribution in [1.82, 2.24) is 15.1 Å². The molecule has 1 atom stereocenters. The van der Waals surface area contributed by atoms with Crippen LogP contribution in [0.4, 0.5) is 0 Å². The summed E-state index contributed by atoms with van der Waals surface area (Å²) in [6.45, 7) is 5.75. The van der Waals surface area contributed by atoms with Crippen molar-refractivity contribution in [2.24, 2.45) is 0 Å². The molecule has 4 rings (SSSR count). The molecule has 2 amide bonds. The molecule has 2 aliphatic carbocycles. The molecule has 0 aromatic carbocycles. The van der Waals surface area contributed by atoms with Gasteiger partial charge in [-0.25, -0.2) is 0 Å². The number of nitrogens with zero attached hydrogens (tertiary/aromatic N) is 2. The third kappa shape index (κ3) is 5.69. The Morgan fingerprint density at radius 1 is 1.06 bits per heavy atom. The van der Waals surface area contributed by atoms with Gasteiger partial charge in [0.15, 0.2) is 5.76 Å². The molecule has 1 aromatic heterocycles. The van der Waals surface area contributed by atoms with Crippen LogP contribution in [-0.4, -0.2) is 66.0 Å². The second-order valence-corrected chi connectivity index (χ2v) is 9.32. The van der Waals surface area contributed by atoms with Gasteiger partial charge >= 0.3 is 0 Å². The molecular formula is C24H37N3O4. The number of hydrogen-bond acceptors (Lipinski definition) is 5. The van der Waals surface area contributed by atoms with Crippen LogP contribution in [0.25, 0.3) is 0 Å². The number of morpholine rings is 1. The van der Waals surface area contributed by atoms with Crippen molar-refractivity contribution in [1.29, 1.82) is 0 Å². The van der Waals surface area contributed by atoms with Crippen LogP contribution in [0, 0.1) is 0 Å². The number of ether oxygens (including phenoxy) is 1. The first-order valence-corrected chi connectivity index (χ1v) is 12.1. The maximum Gasteiger partial charge on any atom is 0.290 e. The SMILES string of the molecule is C[C@@H](C(=O)NC1CCCCC1)N(C(=O)c1ccc(CN2CCOCC2)o1)C1CCCC1. The molecule has 3 fully saturated rings. The van der Waals surface area contributed by atoms with Gasteiger partial charge in [-0.3, -0.25) is 14.5 Å². The van der Waals surface area contributed by atoms with Crippen molar-refractivity contribution in [2.75, 3.05) is 26.3 Å². The Kier molecular flexibility index (Phi) is 7.67. The topological polar surface area (TPSA) is 75.0 Å². The van der Waals surface area contributed by atoms with Crippen molar-refractivity contribution in [3.63, 3.8) is 0 Å². The van der Waals surface area contributed by atoms with Crippen LogP contribution in [0.5, 0.6) is 0 Å². The molecular weight excluding hydrogens is 394 g/mol. The molecule has 0 spiro atoms. The first kappa shape index (κ1) is 22.3. The highest BCUT2D eigenvalue weighted by Gasteiger charge is 2.36. The molecule has 1 saturated heterocycles. The minimum Gasteiger partial charge on any atom is -0.455 e. The zero-order valence-corrected chi connectivity index (χ0v) is 18.8. The van der Waals surface area contributed by atoms with Gasteiger partial charge in [-0.15, -0.1) is 0 Å². The molecule has 2 heterocycles. The van der Waals surface area contributed by atoms with E-state index in [1.807, 2.05) is 13.0 Å². The quantitative estimate of drug-likeness (QED) is 0.717. The van der Waals surface area contributed by atoms with Gasteiger partial charge in [0.2, 0.25) is 5.91 Å². The number of amides is 2. The molecule has 1 aliphatic heterocycles. The van der Waals surface area contributed by atoms with Gasteiger partial charge in [0, 0.05) is 25.2 Å². The minimum absolute atomic E-state index is 0.0350. The molecule has 0 radical (unpaired) electrons. The van der Waals surface area contributed by atoms with Gasteiger partial charge in [-0.2, -0.15) is 0 Å². The zero-order chi connectivity index (χ0) is 21.6. The number of furan rings is 1. The minimum atomic E-state index is -0.495. The molecule has 7 nitrogen and oxygen atoms in total. The summed E-state index contributed by atoms with van der Waals surface area (Å²) in [5.41, 5.74) is 0. The Bertz CT molecular complexity index is 731. The van der Waals surface area contributed by atoms with E-state index in [-0.39, 0.29) is 23.9 Å². The molecule has 1 aromatic rings. The first-order valence-electron chi connectivity index (χ1n) is 12.1. The van der Waals surface area contributed by atoms with Crippen molar-refractivity contribution >= 4 is 11.8 Å². The van der Waals surface area contributed by atoms with E-state index in [9.17, 15) is 9.59 Å². The normalized spacial score (nSPS) is 22.4. The smallest absolute Gasteiger partial charge is 0.290 e. The van der Waals surface area contributed by atoms with Crippen LogP contribution in [0.2, 0.25) is 0 Å². The molecule has 1 N–H and O–H groups in total. The average molecular weight is 432 g/mol. The Morgan fingerprint density at radius 3 is 2.45 bits per heavy atom. The second kappa shape index (κ2) is 10.6. The monoisotopic (exact) mass is 431 g/mol. The highest BCUT2D eigenvalue weighted by molar-refractivity contribution is 5.95. The maximum atomic E-state index is 13.5. The fourth-order valence-corrected chi connectivity index (χ4v) is 5.22. The second-order valence-electron chi connectivity index (χ2n) is 9.32. The lowest BCUT2D eigenvalue weighted by Crippen LogP contribution is -2.53. The third-order valence-corrected chi connectivity index (χ3v) is 7.06. The summed E-state index contributed by atoms with van der Waals surface area (Å²) in [7, 11) is 0. The lowest BCUT2D eigenvalue weighted by Gasteiger charge is -2.34. The van der Waals surface area contributed by atoms with Crippen LogP contribution in [0.3, 0.4) is 0 Å². The lowest BCUT2D eigenvalue weighted by atomic mass is 9.95. The van der Waals surface area contributed by atoms with E-state index in [4.69, 9.17) is 9.15 Å². The van der Waals surface area contributed by atoms with E-state index >= 15 is 0 Å². The molecule has 7 heteroatoms. The Hall–Kier alpha value is -1.86. The molecule has 31 heavy (non-hydrogen) atoms. The van der Waals surface area contributed by atoms with Crippen molar-refractivity contribution in [3.8, 4) is 0 Å². The summed E-state index contributed by atoms with van der Waals surface area (Å²) in [6.07, 6.45) is 9.78. The highest BCUT2D eigenvalue weighted by Crippen LogP contribution is 2.28. The summed E-state index contributed by atoms with van der Waals surface area (Å²) in [5, 5.41) is 3.21. The van der Waals surface area contributed by atoms with E-state index in [2.05, 4.69) is 10.2 Å².